The number of carbonyl (C=O) groups excluding carboxylic acids is 1. The predicted molar refractivity (Wildman–Crippen MR) is 57.4 cm³/mol. The highest BCUT2D eigenvalue weighted by Gasteiger charge is 2.26. The normalized spacial score (nSPS) is 25.9. The molecule has 4 heteroatoms. The van der Waals surface area contributed by atoms with E-state index in [1.165, 1.54) is 0 Å². The fourth-order valence-electron chi connectivity index (χ4n) is 1.62. The molecule has 0 bridgehead atoms. The second kappa shape index (κ2) is 4.94. The standard InChI is InChI=1S/C11H21NO3/c1-11(2,3)15-10(14)7-12-6-8-4-9(13)5-8/h8-9,12-13H,4-7H2,1-3H3. The van der Waals surface area contributed by atoms with Gasteiger partial charge in [-0.15, -0.1) is 0 Å². The second-order valence-electron chi connectivity index (χ2n) is 5.21. The Balaban J connectivity index is 2.02. The first-order valence-corrected chi connectivity index (χ1v) is 5.47. The number of nitrogens with one attached hydrogen (secondary N) is 1. The number of esters is 1. The van der Waals surface area contributed by atoms with E-state index in [4.69, 9.17) is 9.84 Å². The molecule has 1 aliphatic rings. The molecular formula is C11H21NO3. The van der Waals surface area contributed by atoms with Gasteiger partial charge in [0.1, 0.15) is 5.60 Å². The molecule has 0 aromatic carbocycles. The summed E-state index contributed by atoms with van der Waals surface area (Å²) in [5.74, 6) is 0.296. The van der Waals surface area contributed by atoms with Crippen LogP contribution >= 0.6 is 0 Å². The zero-order valence-corrected chi connectivity index (χ0v) is 9.75. The average Bonchev–Trinajstić information content (AvgIpc) is 1.97. The molecule has 2 N–H and O–H groups in total. The van der Waals surface area contributed by atoms with Crippen molar-refractivity contribution in [1.29, 1.82) is 0 Å². The van der Waals surface area contributed by atoms with E-state index in [0.717, 1.165) is 19.4 Å². The number of hydrogen-bond acceptors (Lipinski definition) is 4. The van der Waals surface area contributed by atoms with Crippen LogP contribution in [0.15, 0.2) is 0 Å². The molecule has 0 saturated heterocycles. The number of hydrogen-bond donors (Lipinski definition) is 2. The SMILES string of the molecule is CC(C)(C)OC(=O)CNCC1CC(O)C1. The summed E-state index contributed by atoms with van der Waals surface area (Å²) in [7, 11) is 0. The highest BCUT2D eigenvalue weighted by atomic mass is 16.6. The number of aliphatic hydroxyl groups excluding tert-OH is 1. The molecule has 0 amide bonds. The third-order valence-corrected chi connectivity index (χ3v) is 2.33. The Labute approximate surface area is 91.0 Å². The van der Waals surface area contributed by atoms with Gasteiger partial charge in [-0.3, -0.25) is 4.79 Å². The van der Waals surface area contributed by atoms with Gasteiger partial charge in [-0.1, -0.05) is 0 Å². The minimum atomic E-state index is -0.411. The van der Waals surface area contributed by atoms with Crippen molar-refractivity contribution in [2.24, 2.45) is 5.92 Å². The van der Waals surface area contributed by atoms with Crippen LogP contribution in [-0.4, -0.2) is 35.9 Å². The molecule has 4 nitrogen and oxygen atoms in total. The summed E-state index contributed by atoms with van der Waals surface area (Å²) in [6.07, 6.45) is 1.57. The Morgan fingerprint density at radius 2 is 2.07 bits per heavy atom. The van der Waals surface area contributed by atoms with Gasteiger partial charge in [-0.05, 0) is 46.1 Å². The third kappa shape index (κ3) is 5.14. The molecule has 1 saturated carbocycles. The van der Waals surface area contributed by atoms with E-state index in [1.807, 2.05) is 20.8 Å². The molecule has 0 aromatic rings. The topological polar surface area (TPSA) is 58.6 Å². The molecule has 0 aromatic heterocycles. The molecular weight excluding hydrogens is 194 g/mol. The molecule has 0 aliphatic heterocycles. The molecule has 0 unspecified atom stereocenters. The third-order valence-electron chi connectivity index (χ3n) is 2.33. The quantitative estimate of drug-likeness (QED) is 0.677. The van der Waals surface area contributed by atoms with Crippen LogP contribution in [0.25, 0.3) is 0 Å². The monoisotopic (exact) mass is 215 g/mol. The maximum atomic E-state index is 11.3. The number of rotatable bonds is 4. The zero-order valence-electron chi connectivity index (χ0n) is 9.75. The van der Waals surface area contributed by atoms with Crippen molar-refractivity contribution in [3.63, 3.8) is 0 Å². The number of carbonyl (C=O) groups is 1. The summed E-state index contributed by atoms with van der Waals surface area (Å²) < 4.78 is 5.14. The largest absolute Gasteiger partial charge is 0.459 e. The fraction of sp³-hybridized carbons (Fsp3) is 0.909. The maximum Gasteiger partial charge on any atom is 0.320 e. The Bertz CT molecular complexity index is 216. The molecule has 88 valence electrons. The molecule has 0 heterocycles. The molecule has 1 fully saturated rings. The van der Waals surface area contributed by atoms with Gasteiger partial charge >= 0.3 is 5.97 Å². The van der Waals surface area contributed by atoms with E-state index in [-0.39, 0.29) is 18.6 Å². The first kappa shape index (κ1) is 12.5. The minimum Gasteiger partial charge on any atom is -0.459 e. The van der Waals surface area contributed by atoms with Crippen LogP contribution in [0.1, 0.15) is 33.6 Å². The average molecular weight is 215 g/mol. The molecule has 0 spiro atoms. The fourth-order valence-corrected chi connectivity index (χ4v) is 1.62. The highest BCUT2D eigenvalue weighted by Crippen LogP contribution is 2.25. The van der Waals surface area contributed by atoms with Crippen LogP contribution in [0.4, 0.5) is 0 Å². The predicted octanol–water partition coefficient (Wildman–Crippen LogP) is 0.689. The van der Waals surface area contributed by atoms with Crippen molar-refractivity contribution < 1.29 is 14.6 Å². The number of ether oxygens (including phenoxy) is 1. The van der Waals surface area contributed by atoms with E-state index in [1.54, 1.807) is 0 Å². The van der Waals surface area contributed by atoms with E-state index in [0.29, 0.717) is 5.92 Å². The Morgan fingerprint density at radius 1 is 1.47 bits per heavy atom. The second-order valence-corrected chi connectivity index (χ2v) is 5.21. The smallest absolute Gasteiger partial charge is 0.320 e. The van der Waals surface area contributed by atoms with Crippen LogP contribution in [-0.2, 0) is 9.53 Å². The van der Waals surface area contributed by atoms with Gasteiger partial charge in [0.2, 0.25) is 0 Å². The summed E-state index contributed by atoms with van der Waals surface area (Å²) in [5.41, 5.74) is -0.411. The van der Waals surface area contributed by atoms with Crippen LogP contribution in [0.5, 0.6) is 0 Å². The molecule has 15 heavy (non-hydrogen) atoms. The summed E-state index contributed by atoms with van der Waals surface area (Å²) in [4.78, 5) is 11.3. The van der Waals surface area contributed by atoms with Crippen molar-refractivity contribution in [2.45, 2.75) is 45.3 Å². The lowest BCUT2D eigenvalue weighted by atomic mass is 9.82. The van der Waals surface area contributed by atoms with E-state index in [9.17, 15) is 4.79 Å². The van der Waals surface area contributed by atoms with Crippen LogP contribution < -0.4 is 5.32 Å². The van der Waals surface area contributed by atoms with Crippen molar-refractivity contribution in [1.82, 2.24) is 5.32 Å². The van der Waals surface area contributed by atoms with Gasteiger partial charge in [0.05, 0.1) is 12.6 Å². The molecule has 0 atom stereocenters. The van der Waals surface area contributed by atoms with Gasteiger partial charge in [-0.2, -0.15) is 0 Å². The summed E-state index contributed by atoms with van der Waals surface area (Å²) in [5, 5.41) is 12.1. The van der Waals surface area contributed by atoms with E-state index < -0.39 is 5.60 Å². The lowest BCUT2D eigenvalue weighted by Crippen LogP contribution is -2.39. The zero-order chi connectivity index (χ0) is 11.5. The lowest BCUT2D eigenvalue weighted by Gasteiger charge is -2.31. The Morgan fingerprint density at radius 3 is 2.53 bits per heavy atom. The number of aliphatic hydroxyl groups is 1. The van der Waals surface area contributed by atoms with Gasteiger partial charge in [0.25, 0.3) is 0 Å². The molecule has 1 aliphatic carbocycles. The molecule has 0 radical (unpaired) electrons. The van der Waals surface area contributed by atoms with E-state index in [2.05, 4.69) is 5.32 Å². The Hall–Kier alpha value is -0.610. The summed E-state index contributed by atoms with van der Waals surface area (Å²) >= 11 is 0. The highest BCUT2D eigenvalue weighted by molar-refractivity contribution is 5.72. The van der Waals surface area contributed by atoms with Crippen molar-refractivity contribution in [3.8, 4) is 0 Å². The first-order chi connectivity index (χ1) is 6.87. The van der Waals surface area contributed by atoms with Crippen LogP contribution in [0.3, 0.4) is 0 Å². The van der Waals surface area contributed by atoms with E-state index >= 15 is 0 Å². The van der Waals surface area contributed by atoms with Gasteiger partial charge in [0, 0.05) is 0 Å². The minimum absolute atomic E-state index is 0.127. The van der Waals surface area contributed by atoms with Gasteiger partial charge in [0.15, 0.2) is 0 Å². The molecule has 1 rings (SSSR count). The van der Waals surface area contributed by atoms with Gasteiger partial charge in [-0.25, -0.2) is 0 Å². The summed E-state index contributed by atoms with van der Waals surface area (Å²) in [6.45, 7) is 6.60. The lowest BCUT2D eigenvalue weighted by molar-refractivity contribution is -0.153. The van der Waals surface area contributed by atoms with Crippen molar-refractivity contribution in [3.05, 3.63) is 0 Å². The first-order valence-electron chi connectivity index (χ1n) is 5.47. The maximum absolute atomic E-state index is 11.3. The van der Waals surface area contributed by atoms with Crippen LogP contribution in [0, 0.1) is 5.92 Å². The van der Waals surface area contributed by atoms with Crippen molar-refractivity contribution in [2.75, 3.05) is 13.1 Å². The van der Waals surface area contributed by atoms with Crippen LogP contribution in [0.2, 0.25) is 0 Å². The van der Waals surface area contributed by atoms with Gasteiger partial charge < -0.3 is 15.2 Å². The Kier molecular flexibility index (Phi) is 4.11. The van der Waals surface area contributed by atoms with Crippen molar-refractivity contribution >= 4 is 5.97 Å². The summed E-state index contributed by atoms with van der Waals surface area (Å²) in [6, 6.07) is 0.